The van der Waals surface area contributed by atoms with Gasteiger partial charge in [-0.15, -0.1) is 5.10 Å². The second-order valence-electron chi connectivity index (χ2n) is 9.21. The van der Waals surface area contributed by atoms with Crippen LogP contribution in [-0.4, -0.2) is 68.0 Å². The summed E-state index contributed by atoms with van der Waals surface area (Å²) in [6.07, 6.45) is 1.22. The molecule has 4 heterocycles. The molecule has 1 aliphatic rings. The Morgan fingerprint density at radius 3 is 2.67 bits per heavy atom. The normalized spacial score (nSPS) is 13.0. The molecule has 222 valence electrons. The quantitative estimate of drug-likeness (QED) is 0.213. The Kier molecular flexibility index (Phi) is 7.23. The average molecular weight is 593 g/mol. The van der Waals surface area contributed by atoms with Crippen molar-refractivity contribution in [3.8, 4) is 34.5 Å². The zero-order chi connectivity index (χ0) is 30.1. The van der Waals surface area contributed by atoms with Crippen LogP contribution in [0.1, 0.15) is 40.6 Å². The number of aromatic amines is 2. The highest BCUT2D eigenvalue weighted by Gasteiger charge is 2.32. The van der Waals surface area contributed by atoms with Crippen LogP contribution in [0.25, 0.3) is 17.2 Å². The first-order chi connectivity index (χ1) is 20.9. The van der Waals surface area contributed by atoms with Gasteiger partial charge < -0.3 is 28.8 Å². The van der Waals surface area contributed by atoms with Crippen molar-refractivity contribution in [2.24, 2.45) is 0 Å². The Hall–Kier alpha value is -5.67. The van der Waals surface area contributed by atoms with Gasteiger partial charge in [0.15, 0.2) is 23.2 Å². The molecule has 0 aliphatic carbocycles. The number of benzene rings is 2. The fraction of sp³-hybridized carbons (Fsp3) is 0.259. The number of hydrogen-bond donors (Lipinski definition) is 3. The van der Waals surface area contributed by atoms with Crippen molar-refractivity contribution in [1.82, 2.24) is 35.1 Å². The summed E-state index contributed by atoms with van der Waals surface area (Å²) in [5, 5.41) is 18.0. The first-order valence-corrected chi connectivity index (χ1v) is 13.1. The third-order valence-corrected chi connectivity index (χ3v) is 6.49. The molecule has 1 atom stereocenters. The lowest BCUT2D eigenvalue weighted by molar-refractivity contribution is 0.0526. The molecule has 0 fully saturated rings. The maximum atomic E-state index is 16.1. The number of rotatable bonds is 9. The number of fused-ring (bicyclic) bond motifs is 1. The zero-order valence-corrected chi connectivity index (χ0v) is 23.1. The summed E-state index contributed by atoms with van der Waals surface area (Å²) in [5.74, 6) is -0.408. The van der Waals surface area contributed by atoms with E-state index in [0.717, 1.165) is 4.68 Å². The minimum atomic E-state index is -1.09. The molecular formula is C27H25FN8O7. The van der Waals surface area contributed by atoms with Gasteiger partial charge in [0.1, 0.15) is 24.8 Å². The molecule has 0 bridgehead atoms. The monoisotopic (exact) mass is 592 g/mol. The molecule has 0 saturated heterocycles. The summed E-state index contributed by atoms with van der Waals surface area (Å²) < 4.78 is 43.8. The van der Waals surface area contributed by atoms with Crippen molar-refractivity contribution >= 4 is 11.7 Å². The minimum Gasteiger partial charge on any atom is -0.493 e. The number of nitrogens with zero attached hydrogens (tertiary/aromatic N) is 5. The number of aromatic nitrogens is 7. The van der Waals surface area contributed by atoms with Crippen molar-refractivity contribution in [1.29, 1.82) is 0 Å². The fourth-order valence-corrected chi connectivity index (χ4v) is 4.54. The highest BCUT2D eigenvalue weighted by atomic mass is 19.1. The molecule has 0 radical (unpaired) electrons. The van der Waals surface area contributed by atoms with E-state index in [1.807, 2.05) is 0 Å². The lowest BCUT2D eigenvalue weighted by Crippen LogP contribution is -2.21. The number of esters is 1. The smallest absolute Gasteiger partial charge is 0.349 e. The van der Waals surface area contributed by atoms with Crippen LogP contribution < -0.4 is 25.2 Å². The predicted octanol–water partition coefficient (Wildman–Crippen LogP) is 2.94. The highest BCUT2D eigenvalue weighted by molar-refractivity contribution is 5.92. The number of carbonyl (C=O) groups excluding carboxylic acids is 1. The third kappa shape index (κ3) is 5.13. The number of halogens is 1. The fourth-order valence-electron chi connectivity index (χ4n) is 4.54. The maximum absolute atomic E-state index is 16.1. The minimum absolute atomic E-state index is 0.00455. The molecule has 5 aromatic rings. The van der Waals surface area contributed by atoms with Gasteiger partial charge in [-0.1, -0.05) is 5.16 Å². The molecule has 0 amide bonds. The van der Waals surface area contributed by atoms with E-state index in [1.165, 1.54) is 19.4 Å². The van der Waals surface area contributed by atoms with E-state index in [0.29, 0.717) is 23.0 Å². The zero-order valence-electron chi connectivity index (χ0n) is 23.1. The van der Waals surface area contributed by atoms with Crippen molar-refractivity contribution < 1.29 is 32.7 Å². The molecule has 6 rings (SSSR count). The number of carbonyl (C=O) groups is 1. The van der Waals surface area contributed by atoms with Gasteiger partial charge in [-0.3, -0.25) is 10.1 Å². The molecule has 16 heteroatoms. The first kappa shape index (κ1) is 27.5. The molecule has 43 heavy (non-hydrogen) atoms. The molecule has 0 saturated carbocycles. The van der Waals surface area contributed by atoms with Gasteiger partial charge in [0.2, 0.25) is 23.2 Å². The summed E-state index contributed by atoms with van der Waals surface area (Å²) in [7, 11) is 1.42. The van der Waals surface area contributed by atoms with E-state index in [4.69, 9.17) is 23.5 Å². The van der Waals surface area contributed by atoms with Crippen LogP contribution in [0, 0.1) is 12.7 Å². The van der Waals surface area contributed by atoms with E-state index in [2.05, 4.69) is 35.7 Å². The Labute approximate surface area is 241 Å². The number of aryl methyl sites for hydroxylation is 1. The molecule has 2 aromatic carbocycles. The molecular weight excluding hydrogens is 567 g/mol. The van der Waals surface area contributed by atoms with Crippen LogP contribution in [0.5, 0.6) is 17.2 Å². The largest absolute Gasteiger partial charge is 0.493 e. The second kappa shape index (κ2) is 11.3. The van der Waals surface area contributed by atoms with Crippen LogP contribution in [0.2, 0.25) is 0 Å². The summed E-state index contributed by atoms with van der Waals surface area (Å²) in [5.41, 5.74) is 0.534. The van der Waals surface area contributed by atoms with Crippen molar-refractivity contribution in [3.63, 3.8) is 0 Å². The lowest BCUT2D eigenvalue weighted by Gasteiger charge is -2.25. The lowest BCUT2D eigenvalue weighted by atomic mass is 10.0. The standard InChI is InChI=1S/C27H25FN8O7/c1-4-40-26(37)17-12-29-33-25(17)36-27(38)32-24(34-36)20(16-11-18(39-3)21-22(19(16)28)42-10-9-41-21)31-15-7-5-14(6-8-15)23-30-13(2)43-35-23/h5-8,11-12,20,31H,4,9-10H2,1-3H3,(H,29,33)(H,32,34,38). The number of anilines is 1. The van der Waals surface area contributed by atoms with E-state index in [9.17, 15) is 9.59 Å². The van der Waals surface area contributed by atoms with E-state index in [-0.39, 0.29) is 59.8 Å². The molecule has 3 aromatic heterocycles. The third-order valence-electron chi connectivity index (χ3n) is 6.49. The number of H-pyrrole nitrogens is 2. The Morgan fingerprint density at radius 1 is 1.21 bits per heavy atom. The second-order valence-corrected chi connectivity index (χ2v) is 9.21. The SMILES string of the molecule is CCOC(=O)c1cn[nH]c1-n1nc(C(Nc2ccc(-c3noc(C)n3)cc2)c2cc(OC)c3c(c2F)OCCO3)[nH]c1=O. The molecule has 15 nitrogen and oxygen atoms in total. The Bertz CT molecular complexity index is 1840. The summed E-state index contributed by atoms with van der Waals surface area (Å²) in [4.78, 5) is 32.5. The Morgan fingerprint density at radius 2 is 1.98 bits per heavy atom. The first-order valence-electron chi connectivity index (χ1n) is 13.1. The van der Waals surface area contributed by atoms with Gasteiger partial charge in [-0.25, -0.2) is 14.0 Å². The van der Waals surface area contributed by atoms with Gasteiger partial charge in [0.05, 0.1) is 19.9 Å². The van der Waals surface area contributed by atoms with Gasteiger partial charge in [-0.05, 0) is 37.3 Å². The molecule has 1 aliphatic heterocycles. The highest BCUT2D eigenvalue weighted by Crippen LogP contribution is 2.45. The summed E-state index contributed by atoms with van der Waals surface area (Å²) >= 11 is 0. The summed E-state index contributed by atoms with van der Waals surface area (Å²) in [6, 6.07) is 7.30. The molecule has 1 unspecified atom stereocenters. The van der Waals surface area contributed by atoms with Crippen LogP contribution in [0.3, 0.4) is 0 Å². The van der Waals surface area contributed by atoms with Crippen LogP contribution in [0.4, 0.5) is 10.1 Å². The number of nitrogens with one attached hydrogen (secondary N) is 3. The van der Waals surface area contributed by atoms with Crippen molar-refractivity contribution in [2.45, 2.75) is 19.9 Å². The van der Waals surface area contributed by atoms with Gasteiger partial charge in [0, 0.05) is 23.7 Å². The molecule has 0 spiro atoms. The maximum Gasteiger partial charge on any atom is 0.349 e. The predicted molar refractivity (Wildman–Crippen MR) is 146 cm³/mol. The van der Waals surface area contributed by atoms with Crippen LogP contribution in [0.15, 0.2) is 45.8 Å². The topological polar surface area (TPSA) is 184 Å². The van der Waals surface area contributed by atoms with Gasteiger partial charge in [-0.2, -0.15) is 14.8 Å². The van der Waals surface area contributed by atoms with E-state index in [1.54, 1.807) is 38.1 Å². The van der Waals surface area contributed by atoms with Gasteiger partial charge in [0.25, 0.3) is 0 Å². The number of methoxy groups -OCH3 is 1. The van der Waals surface area contributed by atoms with E-state index >= 15 is 4.39 Å². The van der Waals surface area contributed by atoms with Crippen molar-refractivity contribution in [2.75, 3.05) is 32.2 Å². The summed E-state index contributed by atoms with van der Waals surface area (Å²) in [6.45, 7) is 3.81. The van der Waals surface area contributed by atoms with Crippen molar-refractivity contribution in [3.05, 3.63) is 75.7 Å². The Balaban J connectivity index is 1.44. The number of ether oxygens (including phenoxy) is 4. The average Bonchev–Trinajstić information content (AvgIpc) is 3.77. The van der Waals surface area contributed by atoms with Crippen LogP contribution in [-0.2, 0) is 4.74 Å². The number of hydrogen-bond acceptors (Lipinski definition) is 12. The molecule has 3 N–H and O–H groups in total. The van der Waals surface area contributed by atoms with Gasteiger partial charge >= 0.3 is 11.7 Å². The van der Waals surface area contributed by atoms with E-state index < -0.39 is 23.5 Å². The van der Waals surface area contributed by atoms with Crippen LogP contribution >= 0.6 is 0 Å².